The van der Waals surface area contributed by atoms with E-state index in [4.69, 9.17) is 0 Å². The first-order valence-corrected chi connectivity index (χ1v) is 12.1. The first-order valence-electron chi connectivity index (χ1n) is 12.1. The lowest BCUT2D eigenvalue weighted by Crippen LogP contribution is -2.52. The fourth-order valence-corrected chi connectivity index (χ4v) is 8.82. The third-order valence-corrected chi connectivity index (χ3v) is 10.1. The Balaban J connectivity index is 1.28. The molecule has 0 aromatic heterocycles. The Hall–Kier alpha value is -0.380. The van der Waals surface area contributed by atoms with Crippen LogP contribution >= 0.6 is 0 Å². The number of hydrogen-bond acceptors (Lipinski definition) is 3. The SMILES string of the molecule is C=C(CN1CC(O)C1)[C@H]1CC[C@H]2[C@@H]3CC[C@@H]4C[C@](C)(O)CC[C@@H]4[C@H]3CC[C@]12C. The maximum Gasteiger partial charge on any atom is 0.0794 e. The molecular weight excluding hydrogens is 346 g/mol. The summed E-state index contributed by atoms with van der Waals surface area (Å²) in [6.07, 6.45) is 11.5. The van der Waals surface area contributed by atoms with Gasteiger partial charge in [-0.2, -0.15) is 0 Å². The summed E-state index contributed by atoms with van der Waals surface area (Å²) in [6, 6.07) is 0. The molecule has 4 aliphatic carbocycles. The zero-order chi connectivity index (χ0) is 19.7. The largest absolute Gasteiger partial charge is 0.390 e. The van der Waals surface area contributed by atoms with E-state index in [9.17, 15) is 10.2 Å². The highest BCUT2D eigenvalue weighted by molar-refractivity contribution is 5.17. The number of likely N-dealkylation sites (tertiary alicyclic amines) is 1. The number of nitrogens with zero attached hydrogens (tertiary/aromatic N) is 1. The highest BCUT2D eigenvalue weighted by atomic mass is 16.3. The van der Waals surface area contributed by atoms with E-state index in [1.54, 1.807) is 0 Å². The standard InChI is InChI=1S/C25H41NO2/c1-16(13-26-14-18(27)15-26)22-6-7-23-21-5-4-17-12-24(2,28)10-8-19(17)20(21)9-11-25(22,23)3/h17-23,27-28H,1,4-15H2,2-3H3/t17-,19+,20-,21-,22-,23+,24-,25-/m1/s1. The lowest BCUT2D eigenvalue weighted by Gasteiger charge is -2.57. The molecule has 3 nitrogen and oxygen atoms in total. The zero-order valence-corrected chi connectivity index (χ0v) is 18.1. The maximum atomic E-state index is 10.6. The fraction of sp³-hybridized carbons (Fsp3) is 0.920. The summed E-state index contributed by atoms with van der Waals surface area (Å²) in [6.45, 7) is 11.9. The van der Waals surface area contributed by atoms with Crippen LogP contribution in [-0.4, -0.2) is 46.5 Å². The summed E-state index contributed by atoms with van der Waals surface area (Å²) in [5.41, 5.74) is 1.49. The monoisotopic (exact) mass is 387 g/mol. The summed E-state index contributed by atoms with van der Waals surface area (Å²) in [7, 11) is 0. The van der Waals surface area contributed by atoms with E-state index in [-0.39, 0.29) is 6.10 Å². The third kappa shape index (κ3) is 3.11. The lowest BCUT2D eigenvalue weighted by atomic mass is 9.49. The van der Waals surface area contributed by atoms with Crippen molar-refractivity contribution in [2.45, 2.75) is 83.3 Å². The van der Waals surface area contributed by atoms with Crippen LogP contribution in [0.1, 0.15) is 71.6 Å². The van der Waals surface area contributed by atoms with Crippen LogP contribution in [0.3, 0.4) is 0 Å². The Morgan fingerprint density at radius 2 is 1.71 bits per heavy atom. The van der Waals surface area contributed by atoms with Gasteiger partial charge in [0.1, 0.15) is 0 Å². The molecule has 5 rings (SSSR count). The summed E-state index contributed by atoms with van der Waals surface area (Å²) in [4.78, 5) is 2.37. The molecule has 5 fully saturated rings. The van der Waals surface area contributed by atoms with Crippen molar-refractivity contribution >= 4 is 0 Å². The van der Waals surface area contributed by atoms with E-state index in [1.165, 1.54) is 50.5 Å². The number of rotatable bonds is 3. The quantitative estimate of drug-likeness (QED) is 0.712. The molecule has 0 aromatic rings. The highest BCUT2D eigenvalue weighted by Crippen LogP contribution is 2.65. The minimum atomic E-state index is -0.405. The third-order valence-electron chi connectivity index (χ3n) is 10.1. The second kappa shape index (κ2) is 6.82. The van der Waals surface area contributed by atoms with E-state index < -0.39 is 5.60 Å². The molecule has 2 N–H and O–H groups in total. The van der Waals surface area contributed by atoms with Crippen LogP contribution in [-0.2, 0) is 0 Å². The van der Waals surface area contributed by atoms with E-state index in [1.807, 2.05) is 0 Å². The molecule has 28 heavy (non-hydrogen) atoms. The van der Waals surface area contributed by atoms with Gasteiger partial charge in [-0.05, 0) is 106 Å². The molecule has 0 bridgehead atoms. The molecule has 4 saturated carbocycles. The van der Waals surface area contributed by atoms with Crippen molar-refractivity contribution in [1.82, 2.24) is 4.90 Å². The lowest BCUT2D eigenvalue weighted by molar-refractivity contribution is -0.0981. The van der Waals surface area contributed by atoms with Gasteiger partial charge < -0.3 is 10.2 Å². The van der Waals surface area contributed by atoms with Crippen LogP contribution in [0.15, 0.2) is 12.2 Å². The number of β-amino-alcohol motifs (C(OH)–C–C–N with tert-alkyl or cyclic N) is 1. The topological polar surface area (TPSA) is 43.7 Å². The van der Waals surface area contributed by atoms with E-state index in [0.717, 1.165) is 62.1 Å². The molecule has 0 radical (unpaired) electrons. The molecule has 1 saturated heterocycles. The van der Waals surface area contributed by atoms with Gasteiger partial charge in [0, 0.05) is 19.6 Å². The second-order valence-corrected chi connectivity index (χ2v) is 11.9. The predicted octanol–water partition coefficient (Wildman–Crippen LogP) is 4.24. The minimum absolute atomic E-state index is 0.110. The molecule has 0 unspecified atom stereocenters. The van der Waals surface area contributed by atoms with Crippen LogP contribution in [0.25, 0.3) is 0 Å². The van der Waals surface area contributed by atoms with E-state index in [2.05, 4.69) is 25.3 Å². The first-order chi connectivity index (χ1) is 13.3. The van der Waals surface area contributed by atoms with Gasteiger partial charge in [0.05, 0.1) is 11.7 Å². The van der Waals surface area contributed by atoms with Crippen LogP contribution in [0.4, 0.5) is 0 Å². The van der Waals surface area contributed by atoms with Gasteiger partial charge in [-0.25, -0.2) is 0 Å². The molecule has 0 spiro atoms. The van der Waals surface area contributed by atoms with Crippen molar-refractivity contribution in [3.05, 3.63) is 12.2 Å². The normalized spacial score (nSPS) is 51.7. The molecule has 1 heterocycles. The number of aliphatic hydroxyl groups is 2. The van der Waals surface area contributed by atoms with E-state index in [0.29, 0.717) is 11.3 Å². The summed E-state index contributed by atoms with van der Waals surface area (Å²) in [5, 5.41) is 20.2. The summed E-state index contributed by atoms with van der Waals surface area (Å²) < 4.78 is 0. The Labute approximate surface area is 171 Å². The predicted molar refractivity (Wildman–Crippen MR) is 113 cm³/mol. The van der Waals surface area contributed by atoms with Gasteiger partial charge in [0.2, 0.25) is 0 Å². The molecule has 8 atom stereocenters. The molecular formula is C25H41NO2. The summed E-state index contributed by atoms with van der Waals surface area (Å²) >= 11 is 0. The Bertz CT molecular complexity index is 624. The van der Waals surface area contributed by atoms with Crippen molar-refractivity contribution in [2.24, 2.45) is 40.9 Å². The molecule has 3 heteroatoms. The maximum absolute atomic E-state index is 10.6. The zero-order valence-electron chi connectivity index (χ0n) is 18.1. The van der Waals surface area contributed by atoms with Crippen LogP contribution < -0.4 is 0 Å². The molecule has 1 aliphatic heterocycles. The fourth-order valence-electron chi connectivity index (χ4n) is 8.82. The van der Waals surface area contributed by atoms with Crippen LogP contribution in [0.2, 0.25) is 0 Å². The Morgan fingerprint density at radius 1 is 0.964 bits per heavy atom. The van der Waals surface area contributed by atoms with Crippen molar-refractivity contribution < 1.29 is 10.2 Å². The van der Waals surface area contributed by atoms with Gasteiger partial charge in [-0.15, -0.1) is 0 Å². The molecule has 0 aromatic carbocycles. The summed E-state index contributed by atoms with van der Waals surface area (Å²) in [5.74, 6) is 5.07. The van der Waals surface area contributed by atoms with Gasteiger partial charge in [0.25, 0.3) is 0 Å². The molecule has 158 valence electrons. The van der Waals surface area contributed by atoms with Crippen LogP contribution in [0, 0.1) is 40.9 Å². The number of hydrogen-bond donors (Lipinski definition) is 2. The first kappa shape index (κ1) is 19.6. The van der Waals surface area contributed by atoms with Gasteiger partial charge in [0.15, 0.2) is 0 Å². The van der Waals surface area contributed by atoms with Gasteiger partial charge in [-0.3, -0.25) is 4.90 Å². The van der Waals surface area contributed by atoms with Crippen molar-refractivity contribution in [2.75, 3.05) is 19.6 Å². The van der Waals surface area contributed by atoms with Crippen molar-refractivity contribution in [3.8, 4) is 0 Å². The molecule has 0 amide bonds. The highest BCUT2D eigenvalue weighted by Gasteiger charge is 2.57. The van der Waals surface area contributed by atoms with E-state index >= 15 is 0 Å². The smallest absolute Gasteiger partial charge is 0.0794 e. The molecule has 5 aliphatic rings. The number of aliphatic hydroxyl groups excluding tert-OH is 1. The van der Waals surface area contributed by atoms with Crippen LogP contribution in [0.5, 0.6) is 0 Å². The minimum Gasteiger partial charge on any atom is -0.390 e. The van der Waals surface area contributed by atoms with Gasteiger partial charge >= 0.3 is 0 Å². The number of fused-ring (bicyclic) bond motifs is 5. The Kier molecular flexibility index (Phi) is 4.77. The average Bonchev–Trinajstić information content (AvgIpc) is 2.96. The van der Waals surface area contributed by atoms with Gasteiger partial charge in [-0.1, -0.05) is 19.1 Å². The second-order valence-electron chi connectivity index (χ2n) is 11.9. The van der Waals surface area contributed by atoms with Crippen molar-refractivity contribution in [3.63, 3.8) is 0 Å². The average molecular weight is 388 g/mol. The Morgan fingerprint density at radius 3 is 2.46 bits per heavy atom. The van der Waals surface area contributed by atoms with Crippen molar-refractivity contribution in [1.29, 1.82) is 0 Å².